The molecular weight excluding hydrogens is 380 g/mol. The molecule has 2 fully saturated rings. The molecule has 3 rings (SSSR count). The summed E-state index contributed by atoms with van der Waals surface area (Å²) in [5, 5.41) is -0.397. The lowest BCUT2D eigenvalue weighted by Gasteiger charge is -2.11. The van der Waals surface area contributed by atoms with Crippen LogP contribution in [-0.2, 0) is 24.9 Å². The van der Waals surface area contributed by atoms with Crippen molar-refractivity contribution in [2.75, 3.05) is 0 Å². The maximum atomic E-state index is 11.6. The first-order chi connectivity index (χ1) is 11.9. The van der Waals surface area contributed by atoms with Crippen molar-refractivity contribution in [1.29, 1.82) is 0 Å². The quantitative estimate of drug-likeness (QED) is 0.487. The van der Waals surface area contributed by atoms with Crippen molar-refractivity contribution in [3.05, 3.63) is 42.5 Å². The smallest absolute Gasteiger partial charge is 0.294 e. The average molecular weight is 402 g/mol. The van der Waals surface area contributed by atoms with Crippen molar-refractivity contribution in [2.45, 2.75) is 41.9 Å². The van der Waals surface area contributed by atoms with Crippen LogP contribution in [0.15, 0.2) is 41.8 Å². The molecule has 2 atom stereocenters. The molecule has 0 aliphatic heterocycles. The Morgan fingerprint density at radius 1 is 1.27 bits per heavy atom. The minimum absolute atomic E-state index is 0.0666. The van der Waals surface area contributed by atoms with Crippen LogP contribution in [-0.4, -0.2) is 38.1 Å². The molecular formula is C16H22N2O6S2. The average Bonchev–Trinajstić information content (AvgIpc) is 3.42. The summed E-state index contributed by atoms with van der Waals surface area (Å²) in [6.45, 7) is 5.38. The lowest BCUT2D eigenvalue weighted by Crippen LogP contribution is -2.47. The van der Waals surface area contributed by atoms with E-state index in [1.54, 1.807) is 18.2 Å². The number of carbonyl (C=O) groups is 1. The van der Waals surface area contributed by atoms with E-state index in [-0.39, 0.29) is 10.8 Å². The van der Waals surface area contributed by atoms with E-state index in [1.165, 1.54) is 12.1 Å². The number of carbonyl (C=O) groups excluding carboxylic acids is 1. The predicted molar refractivity (Wildman–Crippen MR) is 96.3 cm³/mol. The minimum Gasteiger partial charge on any atom is -0.317 e. The summed E-state index contributed by atoms with van der Waals surface area (Å²) < 4.78 is 54.5. The zero-order valence-corrected chi connectivity index (χ0v) is 15.9. The van der Waals surface area contributed by atoms with E-state index in [9.17, 15) is 21.6 Å². The van der Waals surface area contributed by atoms with Crippen LogP contribution in [0.2, 0.25) is 0 Å². The Morgan fingerprint density at radius 3 is 2.19 bits per heavy atom. The second-order valence-electron chi connectivity index (χ2n) is 6.55. The van der Waals surface area contributed by atoms with Crippen molar-refractivity contribution < 1.29 is 26.2 Å². The van der Waals surface area contributed by atoms with E-state index in [0.29, 0.717) is 19.3 Å². The van der Waals surface area contributed by atoms with Crippen LogP contribution in [0.1, 0.15) is 24.8 Å². The van der Waals surface area contributed by atoms with E-state index < -0.39 is 36.8 Å². The molecule has 10 heteroatoms. The number of hydrogen-bond donors (Lipinski definition) is 3. The predicted octanol–water partition coefficient (Wildman–Crippen LogP) is 0.740. The summed E-state index contributed by atoms with van der Waals surface area (Å²) in [5.41, 5.74) is 5.63. The van der Waals surface area contributed by atoms with Crippen LogP contribution in [0.3, 0.4) is 0 Å². The molecule has 2 aliphatic carbocycles. The molecule has 1 aromatic rings. The molecule has 0 spiro atoms. The number of amides is 1. The van der Waals surface area contributed by atoms with Crippen molar-refractivity contribution in [3.8, 4) is 0 Å². The number of nitrogens with two attached hydrogens (primary N) is 1. The fourth-order valence-electron chi connectivity index (χ4n) is 2.26. The van der Waals surface area contributed by atoms with Gasteiger partial charge in [-0.25, -0.2) is 8.42 Å². The second-order valence-corrected chi connectivity index (χ2v) is 9.93. The van der Waals surface area contributed by atoms with E-state index in [2.05, 4.69) is 6.58 Å². The number of nitrogens with one attached hydrogen (secondary N) is 1. The highest BCUT2D eigenvalue weighted by Crippen LogP contribution is 2.42. The van der Waals surface area contributed by atoms with Crippen molar-refractivity contribution in [2.24, 2.45) is 11.7 Å². The molecule has 0 heterocycles. The fraction of sp³-hybridized carbons (Fsp3) is 0.438. The molecule has 2 saturated carbocycles. The van der Waals surface area contributed by atoms with Gasteiger partial charge in [0.2, 0.25) is 10.0 Å². The molecule has 0 bridgehead atoms. The van der Waals surface area contributed by atoms with Gasteiger partial charge in [0, 0.05) is 5.92 Å². The van der Waals surface area contributed by atoms with Gasteiger partial charge in [0.25, 0.3) is 16.0 Å². The first-order valence-corrected chi connectivity index (χ1v) is 10.9. The fourth-order valence-corrected chi connectivity index (χ4v) is 4.11. The maximum absolute atomic E-state index is 11.6. The van der Waals surface area contributed by atoms with Crippen LogP contribution in [0.25, 0.3) is 0 Å². The molecule has 2 unspecified atom stereocenters. The molecule has 0 radical (unpaired) electrons. The van der Waals surface area contributed by atoms with Gasteiger partial charge in [-0.05, 0) is 38.3 Å². The van der Waals surface area contributed by atoms with Crippen LogP contribution in [0.5, 0.6) is 0 Å². The van der Waals surface area contributed by atoms with Gasteiger partial charge >= 0.3 is 0 Å². The summed E-state index contributed by atoms with van der Waals surface area (Å²) in [5.74, 6) is -0.703. The van der Waals surface area contributed by atoms with Crippen LogP contribution < -0.4 is 10.5 Å². The zero-order chi connectivity index (χ0) is 19.8. The Morgan fingerprint density at radius 2 is 1.81 bits per heavy atom. The zero-order valence-electron chi connectivity index (χ0n) is 14.3. The van der Waals surface area contributed by atoms with Gasteiger partial charge in [-0.2, -0.15) is 8.42 Å². The molecule has 0 saturated heterocycles. The van der Waals surface area contributed by atoms with Gasteiger partial charge in [-0.15, -0.1) is 6.58 Å². The Bertz CT molecular complexity index is 905. The third-order valence-corrected chi connectivity index (χ3v) is 6.97. The highest BCUT2D eigenvalue weighted by atomic mass is 32.2. The molecule has 1 amide bonds. The summed E-state index contributed by atoms with van der Waals surface area (Å²) in [6.07, 6.45) is 3.32. The van der Waals surface area contributed by atoms with Gasteiger partial charge in [0.15, 0.2) is 0 Å². The van der Waals surface area contributed by atoms with Gasteiger partial charge in [-0.3, -0.25) is 14.1 Å². The molecule has 26 heavy (non-hydrogen) atoms. The third kappa shape index (κ3) is 4.91. The maximum Gasteiger partial charge on any atom is 0.294 e. The SMILES string of the molecule is C=CC1CC1(N)C(=O)NS(=O)(=O)C1CC1.Cc1ccc(S(=O)(=O)O)cc1. The number of benzene rings is 1. The third-order valence-electron chi connectivity index (χ3n) is 4.28. The van der Waals surface area contributed by atoms with Crippen LogP contribution in [0.4, 0.5) is 0 Å². The lowest BCUT2D eigenvalue weighted by atomic mass is 10.2. The normalized spacial score (nSPS) is 24.8. The van der Waals surface area contributed by atoms with Gasteiger partial charge in [0.05, 0.1) is 10.1 Å². The summed E-state index contributed by atoms with van der Waals surface area (Å²) in [7, 11) is -7.49. The standard InChI is InChI=1S/C9H14N2O3S.C7H8O3S/c1-2-6-5-9(6,10)8(12)11-15(13,14)7-3-4-7;1-6-2-4-7(5-3-6)11(8,9)10/h2,6-7H,1,3-5,10H2,(H,11,12);2-5H,1H3,(H,8,9,10). The minimum atomic E-state index is -4.02. The monoisotopic (exact) mass is 402 g/mol. The van der Waals surface area contributed by atoms with Gasteiger partial charge < -0.3 is 5.73 Å². The highest BCUT2D eigenvalue weighted by molar-refractivity contribution is 7.91. The summed E-state index contributed by atoms with van der Waals surface area (Å²) in [4.78, 5) is 11.5. The number of aryl methyl sites for hydroxylation is 1. The molecule has 0 aromatic heterocycles. The Balaban J connectivity index is 0.000000197. The largest absolute Gasteiger partial charge is 0.317 e. The van der Waals surface area contributed by atoms with Gasteiger partial charge in [-0.1, -0.05) is 23.8 Å². The van der Waals surface area contributed by atoms with E-state index in [1.807, 2.05) is 11.6 Å². The van der Waals surface area contributed by atoms with E-state index in [0.717, 1.165) is 5.56 Å². The van der Waals surface area contributed by atoms with Gasteiger partial charge in [0.1, 0.15) is 5.54 Å². The van der Waals surface area contributed by atoms with Crippen LogP contribution >= 0.6 is 0 Å². The Hall–Kier alpha value is -1.75. The Labute approximate surface area is 153 Å². The molecule has 144 valence electrons. The second kappa shape index (κ2) is 7.10. The van der Waals surface area contributed by atoms with E-state index >= 15 is 0 Å². The van der Waals surface area contributed by atoms with Crippen molar-refractivity contribution >= 4 is 26.0 Å². The molecule has 1 aromatic carbocycles. The van der Waals surface area contributed by atoms with Crippen LogP contribution in [0, 0.1) is 12.8 Å². The van der Waals surface area contributed by atoms with Crippen molar-refractivity contribution in [1.82, 2.24) is 4.72 Å². The highest BCUT2D eigenvalue weighted by Gasteiger charge is 2.56. The first kappa shape index (κ1) is 20.6. The molecule has 8 nitrogen and oxygen atoms in total. The first-order valence-electron chi connectivity index (χ1n) is 7.92. The number of rotatable bonds is 5. The number of sulfonamides is 1. The molecule has 2 aliphatic rings. The lowest BCUT2D eigenvalue weighted by molar-refractivity contribution is -0.121. The summed E-state index contributed by atoms with van der Waals surface area (Å²) >= 11 is 0. The topological polar surface area (TPSA) is 144 Å². The number of hydrogen-bond acceptors (Lipinski definition) is 6. The van der Waals surface area contributed by atoms with Crippen molar-refractivity contribution in [3.63, 3.8) is 0 Å². The van der Waals surface area contributed by atoms with E-state index in [4.69, 9.17) is 10.3 Å². The molecule has 4 N–H and O–H groups in total. The summed E-state index contributed by atoms with van der Waals surface area (Å²) in [6, 6.07) is 5.99. The Kier molecular flexibility index (Phi) is 5.62.